The zero-order chi connectivity index (χ0) is 16.7. The Morgan fingerprint density at radius 3 is 2.67 bits per heavy atom. The van der Waals surface area contributed by atoms with Gasteiger partial charge in [0.1, 0.15) is 0 Å². The molecule has 0 unspecified atom stereocenters. The van der Waals surface area contributed by atoms with E-state index < -0.39 is 0 Å². The highest BCUT2D eigenvalue weighted by molar-refractivity contribution is 7.09. The van der Waals surface area contributed by atoms with Crippen LogP contribution in [0.2, 0.25) is 0 Å². The molecular formula is C17H21N5OS. The van der Waals surface area contributed by atoms with E-state index in [1.807, 2.05) is 31.1 Å². The molecule has 6 nitrogen and oxygen atoms in total. The molecular weight excluding hydrogens is 322 g/mol. The van der Waals surface area contributed by atoms with Gasteiger partial charge in [-0.05, 0) is 32.3 Å². The second-order valence-electron chi connectivity index (χ2n) is 6.85. The van der Waals surface area contributed by atoms with Crippen molar-refractivity contribution in [2.45, 2.75) is 33.2 Å². The summed E-state index contributed by atoms with van der Waals surface area (Å²) in [6.07, 6.45) is 5.47. The second kappa shape index (κ2) is 5.81. The third kappa shape index (κ3) is 2.66. The fourth-order valence-electron chi connectivity index (χ4n) is 3.69. The smallest absolute Gasteiger partial charge is 0.231 e. The van der Waals surface area contributed by atoms with Crippen LogP contribution in [0.4, 0.5) is 5.95 Å². The molecule has 2 aromatic rings. The number of carbonyl (C=O) groups excluding carboxylic acids is 1. The second-order valence-corrected chi connectivity index (χ2v) is 7.91. The Labute approximate surface area is 145 Å². The molecule has 0 aliphatic carbocycles. The van der Waals surface area contributed by atoms with Crippen molar-refractivity contribution in [2.75, 3.05) is 24.5 Å². The van der Waals surface area contributed by atoms with Crippen LogP contribution in [0, 0.1) is 19.3 Å². The van der Waals surface area contributed by atoms with Gasteiger partial charge in [-0.15, -0.1) is 11.3 Å². The maximum atomic E-state index is 13.0. The van der Waals surface area contributed by atoms with E-state index in [2.05, 4.69) is 25.2 Å². The summed E-state index contributed by atoms with van der Waals surface area (Å²) in [6, 6.07) is 0. The molecule has 2 aliphatic rings. The predicted octanol–water partition coefficient (Wildman–Crippen LogP) is 2.18. The van der Waals surface area contributed by atoms with Crippen LogP contribution >= 0.6 is 11.3 Å². The Morgan fingerprint density at radius 2 is 1.96 bits per heavy atom. The summed E-state index contributed by atoms with van der Waals surface area (Å²) in [5, 5.41) is 3.10. The summed E-state index contributed by atoms with van der Waals surface area (Å²) in [5.74, 6) is 1.00. The molecule has 0 N–H and O–H groups in total. The SMILES string of the molecule is Cc1cnc(N2CC[C@@]3(CCN(Cc4csc(C)n4)C3=O)C2)nc1. The molecule has 2 fully saturated rings. The van der Waals surface area contributed by atoms with Gasteiger partial charge >= 0.3 is 0 Å². The van der Waals surface area contributed by atoms with Crippen molar-refractivity contribution in [3.05, 3.63) is 34.0 Å². The van der Waals surface area contributed by atoms with Crippen LogP contribution in [0.5, 0.6) is 0 Å². The van der Waals surface area contributed by atoms with Crippen molar-refractivity contribution < 1.29 is 4.79 Å². The highest BCUT2D eigenvalue weighted by Crippen LogP contribution is 2.41. The molecule has 2 aliphatic heterocycles. The molecule has 24 heavy (non-hydrogen) atoms. The number of hydrogen-bond donors (Lipinski definition) is 0. The minimum atomic E-state index is -0.265. The first-order valence-corrected chi connectivity index (χ1v) is 9.18. The Balaban J connectivity index is 1.46. The molecule has 126 valence electrons. The number of nitrogens with zero attached hydrogens (tertiary/aromatic N) is 5. The highest BCUT2D eigenvalue weighted by Gasteiger charge is 2.51. The predicted molar refractivity (Wildman–Crippen MR) is 92.9 cm³/mol. The molecule has 0 bridgehead atoms. The van der Waals surface area contributed by atoms with Crippen molar-refractivity contribution in [1.82, 2.24) is 19.9 Å². The molecule has 2 aromatic heterocycles. The molecule has 1 atom stereocenters. The molecule has 0 radical (unpaired) electrons. The van der Waals surface area contributed by atoms with E-state index in [0.717, 1.165) is 54.7 Å². The fraction of sp³-hybridized carbons (Fsp3) is 0.529. The van der Waals surface area contributed by atoms with Crippen molar-refractivity contribution in [3.8, 4) is 0 Å². The molecule has 1 spiro atoms. The van der Waals surface area contributed by atoms with E-state index in [0.29, 0.717) is 6.54 Å². The molecule has 1 amide bonds. The van der Waals surface area contributed by atoms with Crippen LogP contribution in [-0.4, -0.2) is 45.4 Å². The lowest BCUT2D eigenvalue weighted by Gasteiger charge is -2.23. The van der Waals surface area contributed by atoms with Crippen LogP contribution in [-0.2, 0) is 11.3 Å². The number of thiazole rings is 1. The average molecular weight is 343 g/mol. The minimum absolute atomic E-state index is 0.265. The first-order valence-electron chi connectivity index (χ1n) is 8.30. The highest BCUT2D eigenvalue weighted by atomic mass is 32.1. The zero-order valence-corrected chi connectivity index (χ0v) is 14.8. The third-order valence-electron chi connectivity index (χ3n) is 5.02. The van der Waals surface area contributed by atoms with Crippen molar-refractivity contribution in [2.24, 2.45) is 5.41 Å². The summed E-state index contributed by atoms with van der Waals surface area (Å²) in [6.45, 7) is 7.00. The van der Waals surface area contributed by atoms with E-state index >= 15 is 0 Å². The number of likely N-dealkylation sites (tertiary alicyclic amines) is 1. The van der Waals surface area contributed by atoms with E-state index in [1.165, 1.54) is 0 Å². The fourth-order valence-corrected chi connectivity index (χ4v) is 4.29. The normalized spacial score (nSPS) is 23.7. The van der Waals surface area contributed by atoms with E-state index in [-0.39, 0.29) is 11.3 Å². The Hall–Kier alpha value is -2.02. The van der Waals surface area contributed by atoms with Gasteiger partial charge in [0.2, 0.25) is 11.9 Å². The van der Waals surface area contributed by atoms with Crippen molar-refractivity contribution >= 4 is 23.2 Å². The number of rotatable bonds is 3. The lowest BCUT2D eigenvalue weighted by molar-refractivity contribution is -0.135. The monoisotopic (exact) mass is 343 g/mol. The first kappa shape index (κ1) is 15.5. The van der Waals surface area contributed by atoms with E-state index in [9.17, 15) is 4.79 Å². The van der Waals surface area contributed by atoms with E-state index in [1.54, 1.807) is 11.3 Å². The van der Waals surface area contributed by atoms with Gasteiger partial charge in [0.25, 0.3) is 0 Å². The maximum absolute atomic E-state index is 13.0. The van der Waals surface area contributed by atoms with Crippen LogP contribution < -0.4 is 4.90 Å². The van der Waals surface area contributed by atoms with Crippen LogP contribution in [0.15, 0.2) is 17.8 Å². The maximum Gasteiger partial charge on any atom is 0.231 e. The number of anilines is 1. The Kier molecular flexibility index (Phi) is 3.75. The number of carbonyl (C=O) groups is 1. The van der Waals surface area contributed by atoms with Gasteiger partial charge in [-0.1, -0.05) is 0 Å². The molecule has 0 saturated carbocycles. The number of amides is 1. The van der Waals surface area contributed by atoms with Crippen LogP contribution in [0.3, 0.4) is 0 Å². The summed E-state index contributed by atoms with van der Waals surface area (Å²) >= 11 is 1.64. The summed E-state index contributed by atoms with van der Waals surface area (Å²) in [5.41, 5.74) is 1.79. The van der Waals surface area contributed by atoms with Crippen LogP contribution in [0.1, 0.15) is 29.1 Å². The summed E-state index contributed by atoms with van der Waals surface area (Å²) in [7, 11) is 0. The lowest BCUT2D eigenvalue weighted by atomic mass is 9.85. The number of aromatic nitrogens is 3. The van der Waals surface area contributed by atoms with Gasteiger partial charge in [0.05, 0.1) is 22.7 Å². The minimum Gasteiger partial charge on any atom is -0.340 e. The molecule has 4 rings (SSSR count). The van der Waals surface area contributed by atoms with Crippen molar-refractivity contribution in [1.29, 1.82) is 0 Å². The first-order chi connectivity index (χ1) is 11.6. The van der Waals surface area contributed by atoms with Crippen molar-refractivity contribution in [3.63, 3.8) is 0 Å². The molecule has 4 heterocycles. The standard InChI is InChI=1S/C17H21N5OS/c1-12-7-18-16(19-8-12)22-6-4-17(11-22)3-5-21(15(17)23)9-14-10-24-13(2)20-14/h7-8,10H,3-6,9,11H2,1-2H3/t17-/m0/s1. The summed E-state index contributed by atoms with van der Waals surface area (Å²) in [4.78, 5) is 30.4. The zero-order valence-electron chi connectivity index (χ0n) is 14.0. The number of aryl methyl sites for hydroxylation is 2. The molecule has 2 saturated heterocycles. The third-order valence-corrected chi connectivity index (χ3v) is 5.85. The van der Waals surface area contributed by atoms with Gasteiger partial charge in [0, 0.05) is 37.4 Å². The average Bonchev–Trinajstić information content (AvgIpc) is 3.26. The van der Waals surface area contributed by atoms with Gasteiger partial charge in [-0.25, -0.2) is 15.0 Å². The molecule has 7 heteroatoms. The Morgan fingerprint density at radius 1 is 1.21 bits per heavy atom. The van der Waals surface area contributed by atoms with E-state index in [4.69, 9.17) is 0 Å². The van der Waals surface area contributed by atoms with Gasteiger partial charge in [-0.3, -0.25) is 4.79 Å². The van der Waals surface area contributed by atoms with Gasteiger partial charge < -0.3 is 9.80 Å². The molecule has 0 aromatic carbocycles. The lowest BCUT2D eigenvalue weighted by Crippen LogP contribution is -2.37. The van der Waals surface area contributed by atoms with Crippen LogP contribution in [0.25, 0.3) is 0 Å². The topological polar surface area (TPSA) is 62.2 Å². The van der Waals surface area contributed by atoms with Gasteiger partial charge in [-0.2, -0.15) is 0 Å². The Bertz CT molecular complexity index is 759. The van der Waals surface area contributed by atoms with Gasteiger partial charge in [0.15, 0.2) is 0 Å². The summed E-state index contributed by atoms with van der Waals surface area (Å²) < 4.78 is 0. The quantitative estimate of drug-likeness (QED) is 0.855. The number of hydrogen-bond acceptors (Lipinski definition) is 6. The largest absolute Gasteiger partial charge is 0.340 e.